The van der Waals surface area contributed by atoms with Crippen LogP contribution < -0.4 is 10.1 Å². The van der Waals surface area contributed by atoms with E-state index in [1.165, 1.54) is 16.9 Å². The predicted molar refractivity (Wildman–Crippen MR) is 109 cm³/mol. The molecule has 4 aromatic rings. The van der Waals surface area contributed by atoms with Gasteiger partial charge in [-0.3, -0.25) is 4.79 Å². The normalized spacial score (nSPS) is 10.8. The summed E-state index contributed by atoms with van der Waals surface area (Å²) >= 11 is 1.45. The van der Waals surface area contributed by atoms with Gasteiger partial charge in [-0.25, -0.2) is 0 Å². The molecule has 2 N–H and O–H groups in total. The molecule has 0 bridgehead atoms. The number of rotatable bonds is 7. The molecular weight excluding hydrogens is 356 g/mol. The first-order valence-electron chi connectivity index (χ1n) is 8.88. The lowest BCUT2D eigenvalue weighted by molar-refractivity contribution is 0.0958. The number of carbonyl (C=O) groups excluding carboxylic acids is 1. The van der Waals surface area contributed by atoms with Crippen LogP contribution in [0.5, 0.6) is 5.75 Å². The Bertz CT molecular complexity index is 1020. The molecule has 1 amide bonds. The summed E-state index contributed by atoms with van der Waals surface area (Å²) in [4.78, 5) is 16.1. The number of benzene rings is 2. The smallest absolute Gasteiger partial charge is 0.261 e. The third-order valence-electron chi connectivity index (χ3n) is 4.41. The second-order valence-electron chi connectivity index (χ2n) is 6.28. The van der Waals surface area contributed by atoms with Crippen LogP contribution >= 0.6 is 11.3 Å². The van der Waals surface area contributed by atoms with Crippen molar-refractivity contribution in [2.75, 3.05) is 6.54 Å². The van der Waals surface area contributed by atoms with Gasteiger partial charge in [0.05, 0.1) is 4.88 Å². The summed E-state index contributed by atoms with van der Waals surface area (Å²) in [5.74, 6) is 0.826. The standard InChI is InChI=1S/C22H20N2O2S/c25-22(21-7-4-12-27-21)23-11-10-17-14-24-20-13-18(8-9-19(17)20)26-15-16-5-2-1-3-6-16/h1-9,12-14,24H,10-11,15H2,(H,23,25). The minimum Gasteiger partial charge on any atom is -0.489 e. The lowest BCUT2D eigenvalue weighted by Crippen LogP contribution is -2.24. The largest absolute Gasteiger partial charge is 0.489 e. The van der Waals surface area contributed by atoms with Crippen molar-refractivity contribution in [3.05, 3.63) is 88.2 Å². The van der Waals surface area contributed by atoms with Crippen LogP contribution in [0.1, 0.15) is 20.8 Å². The molecule has 2 aromatic carbocycles. The van der Waals surface area contributed by atoms with Gasteiger partial charge in [-0.1, -0.05) is 36.4 Å². The zero-order valence-electron chi connectivity index (χ0n) is 14.8. The molecule has 0 unspecified atom stereocenters. The molecule has 0 saturated heterocycles. The first-order chi connectivity index (χ1) is 13.3. The molecular formula is C22H20N2O2S. The van der Waals surface area contributed by atoms with Gasteiger partial charge in [-0.05, 0) is 41.1 Å². The highest BCUT2D eigenvalue weighted by molar-refractivity contribution is 7.12. The molecule has 4 nitrogen and oxygen atoms in total. The van der Waals surface area contributed by atoms with Crippen molar-refractivity contribution < 1.29 is 9.53 Å². The Morgan fingerprint density at radius 2 is 1.96 bits per heavy atom. The Balaban J connectivity index is 1.36. The van der Waals surface area contributed by atoms with Crippen molar-refractivity contribution in [2.45, 2.75) is 13.0 Å². The quantitative estimate of drug-likeness (QED) is 0.488. The van der Waals surface area contributed by atoms with Gasteiger partial charge in [0, 0.05) is 29.7 Å². The van der Waals surface area contributed by atoms with Crippen LogP contribution in [0.3, 0.4) is 0 Å². The lowest BCUT2D eigenvalue weighted by atomic mass is 10.1. The molecule has 0 saturated carbocycles. The Morgan fingerprint density at radius 3 is 2.78 bits per heavy atom. The van der Waals surface area contributed by atoms with Crippen molar-refractivity contribution in [3.8, 4) is 5.75 Å². The SMILES string of the molecule is O=C(NCCc1c[nH]c2cc(OCc3ccccc3)ccc12)c1cccs1. The first kappa shape index (κ1) is 17.4. The van der Waals surface area contributed by atoms with Gasteiger partial charge < -0.3 is 15.0 Å². The molecule has 4 rings (SSSR count). The molecule has 0 radical (unpaired) electrons. The van der Waals surface area contributed by atoms with Crippen LogP contribution in [0.4, 0.5) is 0 Å². The van der Waals surface area contributed by atoms with Gasteiger partial charge in [0.25, 0.3) is 5.91 Å². The summed E-state index contributed by atoms with van der Waals surface area (Å²) in [5, 5.41) is 6.04. The first-order valence-corrected chi connectivity index (χ1v) is 9.76. The maximum atomic E-state index is 12.0. The number of thiophene rings is 1. The molecule has 0 aliphatic heterocycles. The van der Waals surface area contributed by atoms with Gasteiger partial charge in [0.15, 0.2) is 0 Å². The van der Waals surface area contributed by atoms with E-state index in [2.05, 4.69) is 28.5 Å². The molecule has 0 aliphatic rings. The monoisotopic (exact) mass is 376 g/mol. The maximum absolute atomic E-state index is 12.0. The molecule has 136 valence electrons. The van der Waals surface area contributed by atoms with Crippen LogP contribution in [0.25, 0.3) is 10.9 Å². The Hall–Kier alpha value is -3.05. The zero-order valence-corrected chi connectivity index (χ0v) is 15.6. The second kappa shape index (κ2) is 8.10. The summed E-state index contributed by atoms with van der Waals surface area (Å²) in [6.45, 7) is 1.16. The highest BCUT2D eigenvalue weighted by Gasteiger charge is 2.08. The van der Waals surface area contributed by atoms with E-state index in [-0.39, 0.29) is 5.91 Å². The number of carbonyl (C=O) groups is 1. The van der Waals surface area contributed by atoms with Crippen LogP contribution in [0.2, 0.25) is 0 Å². The number of amides is 1. The van der Waals surface area contributed by atoms with E-state index in [1.54, 1.807) is 0 Å². The van der Waals surface area contributed by atoms with Crippen molar-refractivity contribution in [1.82, 2.24) is 10.3 Å². The molecule has 27 heavy (non-hydrogen) atoms. The number of nitrogens with one attached hydrogen (secondary N) is 2. The van der Waals surface area contributed by atoms with Crippen LogP contribution in [-0.2, 0) is 13.0 Å². The van der Waals surface area contributed by atoms with Crippen molar-refractivity contribution >= 4 is 28.1 Å². The molecule has 5 heteroatoms. The van der Waals surface area contributed by atoms with Crippen LogP contribution in [0, 0.1) is 0 Å². The highest BCUT2D eigenvalue weighted by Crippen LogP contribution is 2.24. The van der Waals surface area contributed by atoms with E-state index < -0.39 is 0 Å². The Morgan fingerprint density at radius 1 is 1.07 bits per heavy atom. The van der Waals surface area contributed by atoms with Gasteiger partial charge >= 0.3 is 0 Å². The highest BCUT2D eigenvalue weighted by atomic mass is 32.1. The van der Waals surface area contributed by atoms with Gasteiger partial charge in [-0.15, -0.1) is 11.3 Å². The average Bonchev–Trinajstić information content (AvgIpc) is 3.37. The van der Waals surface area contributed by atoms with E-state index in [4.69, 9.17) is 4.74 Å². The molecule has 2 aromatic heterocycles. The third kappa shape index (κ3) is 4.20. The number of ether oxygens (including phenoxy) is 1. The molecule has 2 heterocycles. The summed E-state index contributed by atoms with van der Waals surface area (Å²) < 4.78 is 5.89. The topological polar surface area (TPSA) is 54.1 Å². The fourth-order valence-electron chi connectivity index (χ4n) is 3.01. The molecule has 0 spiro atoms. The number of fused-ring (bicyclic) bond motifs is 1. The number of aromatic amines is 1. The fraction of sp³-hybridized carbons (Fsp3) is 0.136. The molecule has 0 fully saturated rings. The summed E-state index contributed by atoms with van der Waals surface area (Å²) in [6, 6.07) is 19.9. The summed E-state index contributed by atoms with van der Waals surface area (Å²) in [7, 11) is 0. The van der Waals surface area contributed by atoms with E-state index in [0.717, 1.165) is 33.5 Å². The maximum Gasteiger partial charge on any atom is 0.261 e. The van der Waals surface area contributed by atoms with Crippen molar-refractivity contribution in [1.29, 1.82) is 0 Å². The number of hydrogen-bond donors (Lipinski definition) is 2. The average molecular weight is 376 g/mol. The number of aromatic nitrogens is 1. The number of hydrogen-bond acceptors (Lipinski definition) is 3. The lowest BCUT2D eigenvalue weighted by Gasteiger charge is -2.07. The third-order valence-corrected chi connectivity index (χ3v) is 5.28. The summed E-state index contributed by atoms with van der Waals surface area (Å²) in [5.41, 5.74) is 3.37. The van der Waals surface area contributed by atoms with Gasteiger partial charge in [0.2, 0.25) is 0 Å². The van der Waals surface area contributed by atoms with E-state index in [9.17, 15) is 4.79 Å². The molecule has 0 aliphatic carbocycles. The van der Waals surface area contributed by atoms with Crippen LogP contribution in [0.15, 0.2) is 72.2 Å². The van der Waals surface area contributed by atoms with Gasteiger partial charge in [-0.2, -0.15) is 0 Å². The van der Waals surface area contributed by atoms with Crippen molar-refractivity contribution in [2.24, 2.45) is 0 Å². The van der Waals surface area contributed by atoms with Gasteiger partial charge in [0.1, 0.15) is 12.4 Å². The minimum atomic E-state index is -0.0126. The van der Waals surface area contributed by atoms with E-state index >= 15 is 0 Å². The Labute approximate surface area is 161 Å². The van der Waals surface area contributed by atoms with Crippen LogP contribution in [-0.4, -0.2) is 17.4 Å². The predicted octanol–water partition coefficient (Wildman–Crippen LogP) is 4.78. The number of H-pyrrole nitrogens is 1. The zero-order chi connectivity index (χ0) is 18.5. The second-order valence-corrected chi connectivity index (χ2v) is 7.23. The van der Waals surface area contributed by atoms with Crippen molar-refractivity contribution in [3.63, 3.8) is 0 Å². The fourth-order valence-corrected chi connectivity index (χ4v) is 3.65. The minimum absolute atomic E-state index is 0.0126. The molecule has 0 atom stereocenters. The van der Waals surface area contributed by atoms with E-state index in [1.807, 2.05) is 54.0 Å². The van der Waals surface area contributed by atoms with E-state index in [0.29, 0.717) is 13.2 Å². The summed E-state index contributed by atoms with van der Waals surface area (Å²) in [6.07, 6.45) is 2.78. The Kier molecular flexibility index (Phi) is 5.21.